The third-order valence-corrected chi connectivity index (χ3v) is 4.99. The number of hydrogen-bond donors (Lipinski definition) is 2. The van der Waals surface area contributed by atoms with E-state index >= 15 is 0 Å². The van der Waals surface area contributed by atoms with Crippen molar-refractivity contribution in [1.29, 1.82) is 0 Å². The fourth-order valence-corrected chi connectivity index (χ4v) is 3.59. The Balaban J connectivity index is 1.78. The number of aryl methyl sites for hydroxylation is 1. The molecule has 0 aliphatic heterocycles. The van der Waals surface area contributed by atoms with E-state index in [1.54, 1.807) is 17.6 Å². The SMILES string of the molecule is COC(=O)Nc1sc(N/N=C/c2ccc(C)cc2)nc1-c1cccs1. The first-order valence-electron chi connectivity index (χ1n) is 7.41. The summed E-state index contributed by atoms with van der Waals surface area (Å²) < 4.78 is 4.67. The zero-order valence-corrected chi connectivity index (χ0v) is 15.3. The summed E-state index contributed by atoms with van der Waals surface area (Å²) in [6.45, 7) is 2.04. The highest BCUT2D eigenvalue weighted by atomic mass is 32.1. The smallest absolute Gasteiger partial charge is 0.412 e. The van der Waals surface area contributed by atoms with E-state index in [2.05, 4.69) is 25.6 Å². The number of rotatable bonds is 5. The number of nitrogens with one attached hydrogen (secondary N) is 2. The molecule has 2 N–H and O–H groups in total. The Labute approximate surface area is 153 Å². The lowest BCUT2D eigenvalue weighted by atomic mass is 10.2. The molecule has 0 atom stereocenters. The maximum atomic E-state index is 11.5. The molecule has 0 saturated heterocycles. The van der Waals surface area contributed by atoms with Gasteiger partial charge in [-0.05, 0) is 23.9 Å². The van der Waals surface area contributed by atoms with Crippen molar-refractivity contribution in [2.24, 2.45) is 5.10 Å². The highest BCUT2D eigenvalue weighted by molar-refractivity contribution is 7.21. The Hall–Kier alpha value is -2.71. The highest BCUT2D eigenvalue weighted by Gasteiger charge is 2.16. The minimum atomic E-state index is -0.531. The van der Waals surface area contributed by atoms with E-state index < -0.39 is 6.09 Å². The van der Waals surface area contributed by atoms with E-state index in [4.69, 9.17) is 0 Å². The molecule has 3 aromatic rings. The number of thiazole rings is 1. The minimum Gasteiger partial charge on any atom is -0.453 e. The second-order valence-corrected chi connectivity index (χ2v) is 7.02. The first-order valence-corrected chi connectivity index (χ1v) is 9.11. The van der Waals surface area contributed by atoms with Crippen molar-refractivity contribution in [3.8, 4) is 10.6 Å². The van der Waals surface area contributed by atoms with Gasteiger partial charge in [0, 0.05) is 0 Å². The molecule has 25 heavy (non-hydrogen) atoms. The predicted molar refractivity (Wildman–Crippen MR) is 104 cm³/mol. The molecule has 0 unspecified atom stereocenters. The number of hydrogen-bond acceptors (Lipinski definition) is 7. The number of methoxy groups -OCH3 is 1. The average Bonchev–Trinajstić information content (AvgIpc) is 3.26. The molecule has 0 aliphatic carbocycles. The van der Waals surface area contributed by atoms with Gasteiger partial charge in [-0.15, -0.1) is 11.3 Å². The lowest BCUT2D eigenvalue weighted by Gasteiger charge is -2.01. The number of aromatic nitrogens is 1. The van der Waals surface area contributed by atoms with Gasteiger partial charge in [0.15, 0.2) is 0 Å². The van der Waals surface area contributed by atoms with Crippen LogP contribution in [0.5, 0.6) is 0 Å². The molecule has 128 valence electrons. The summed E-state index contributed by atoms with van der Waals surface area (Å²) in [6.07, 6.45) is 1.19. The topological polar surface area (TPSA) is 75.6 Å². The number of carbonyl (C=O) groups is 1. The van der Waals surface area contributed by atoms with E-state index in [1.165, 1.54) is 24.0 Å². The third-order valence-electron chi connectivity index (χ3n) is 3.23. The molecule has 1 amide bonds. The van der Waals surface area contributed by atoms with Crippen molar-refractivity contribution < 1.29 is 9.53 Å². The van der Waals surface area contributed by atoms with Crippen LogP contribution >= 0.6 is 22.7 Å². The zero-order chi connectivity index (χ0) is 17.6. The van der Waals surface area contributed by atoms with Gasteiger partial charge in [0.1, 0.15) is 10.7 Å². The molecule has 2 heterocycles. The number of hydrazone groups is 1. The quantitative estimate of drug-likeness (QED) is 0.498. The van der Waals surface area contributed by atoms with Crippen molar-refractivity contribution in [3.05, 3.63) is 52.9 Å². The molecular weight excluding hydrogens is 356 g/mol. The monoisotopic (exact) mass is 372 g/mol. The van der Waals surface area contributed by atoms with Crippen LogP contribution in [0.1, 0.15) is 11.1 Å². The molecular formula is C17H16N4O2S2. The van der Waals surface area contributed by atoms with E-state index in [9.17, 15) is 4.79 Å². The Kier molecular flexibility index (Phi) is 5.42. The van der Waals surface area contributed by atoms with Crippen LogP contribution in [-0.2, 0) is 4.74 Å². The maximum absolute atomic E-state index is 11.5. The number of anilines is 2. The third kappa shape index (κ3) is 4.43. The molecule has 8 heteroatoms. The van der Waals surface area contributed by atoms with Crippen molar-refractivity contribution in [3.63, 3.8) is 0 Å². The van der Waals surface area contributed by atoms with Crippen molar-refractivity contribution in [2.45, 2.75) is 6.92 Å². The van der Waals surface area contributed by atoms with Gasteiger partial charge >= 0.3 is 6.09 Å². The second kappa shape index (κ2) is 7.91. The summed E-state index contributed by atoms with van der Waals surface area (Å²) in [6, 6.07) is 11.9. The van der Waals surface area contributed by atoms with Gasteiger partial charge in [0.2, 0.25) is 5.13 Å². The summed E-state index contributed by atoms with van der Waals surface area (Å²) in [5.41, 5.74) is 5.79. The van der Waals surface area contributed by atoms with Crippen LogP contribution in [-0.4, -0.2) is 24.4 Å². The number of thiophene rings is 1. The van der Waals surface area contributed by atoms with E-state index in [-0.39, 0.29) is 0 Å². The number of carbonyl (C=O) groups excluding carboxylic acids is 1. The molecule has 0 fully saturated rings. The normalized spacial score (nSPS) is 10.8. The molecule has 1 aromatic carbocycles. The Morgan fingerprint density at radius 3 is 2.76 bits per heavy atom. The summed E-state index contributed by atoms with van der Waals surface area (Å²) in [4.78, 5) is 17.0. The summed E-state index contributed by atoms with van der Waals surface area (Å²) >= 11 is 2.84. The average molecular weight is 372 g/mol. The van der Waals surface area contributed by atoms with E-state index in [0.717, 1.165) is 10.4 Å². The Morgan fingerprint density at radius 1 is 1.28 bits per heavy atom. The van der Waals surface area contributed by atoms with Crippen LogP contribution in [0.2, 0.25) is 0 Å². The predicted octanol–water partition coefficient (Wildman–Crippen LogP) is 4.80. The lowest BCUT2D eigenvalue weighted by Crippen LogP contribution is -2.10. The van der Waals surface area contributed by atoms with Crippen molar-refractivity contribution in [1.82, 2.24) is 4.98 Å². The molecule has 3 rings (SSSR count). The van der Waals surface area contributed by atoms with Gasteiger partial charge < -0.3 is 4.74 Å². The molecule has 6 nitrogen and oxygen atoms in total. The molecule has 0 spiro atoms. The number of amides is 1. The summed E-state index contributed by atoms with van der Waals surface area (Å²) in [7, 11) is 1.33. The van der Waals surface area contributed by atoms with Gasteiger partial charge in [-0.1, -0.05) is 47.2 Å². The zero-order valence-electron chi connectivity index (χ0n) is 13.6. The molecule has 0 saturated carbocycles. The van der Waals surface area contributed by atoms with E-state index in [0.29, 0.717) is 15.8 Å². The van der Waals surface area contributed by atoms with Gasteiger partial charge in [0.05, 0.1) is 18.2 Å². The number of ether oxygens (including phenoxy) is 1. The molecule has 0 aliphatic rings. The number of nitrogens with zero attached hydrogens (tertiary/aromatic N) is 2. The summed E-state index contributed by atoms with van der Waals surface area (Å²) in [5.74, 6) is 0. The largest absolute Gasteiger partial charge is 0.453 e. The first kappa shape index (κ1) is 17.1. The Morgan fingerprint density at radius 2 is 2.08 bits per heavy atom. The van der Waals surface area contributed by atoms with Gasteiger partial charge in [0.25, 0.3) is 0 Å². The lowest BCUT2D eigenvalue weighted by molar-refractivity contribution is 0.187. The fraction of sp³-hybridized carbons (Fsp3) is 0.118. The fourth-order valence-electron chi connectivity index (χ4n) is 1.99. The van der Waals surface area contributed by atoms with Crippen molar-refractivity contribution >= 4 is 45.1 Å². The maximum Gasteiger partial charge on any atom is 0.412 e. The standard InChI is InChI=1S/C17H16N4O2S2/c1-11-5-7-12(8-6-11)10-18-21-16-19-14(13-4-3-9-24-13)15(25-16)20-17(22)23-2/h3-10H,1-2H3,(H,19,21)(H,20,22)/b18-10+. The van der Waals surface area contributed by atoms with Crippen LogP contribution in [0.4, 0.5) is 14.9 Å². The minimum absolute atomic E-state index is 0.531. The van der Waals surface area contributed by atoms with Crippen LogP contribution in [0.15, 0.2) is 46.9 Å². The van der Waals surface area contributed by atoms with Crippen LogP contribution in [0.3, 0.4) is 0 Å². The number of benzene rings is 1. The van der Waals surface area contributed by atoms with Crippen LogP contribution in [0.25, 0.3) is 10.6 Å². The highest BCUT2D eigenvalue weighted by Crippen LogP contribution is 2.38. The molecule has 0 bridgehead atoms. The first-order chi connectivity index (χ1) is 12.2. The molecule has 2 aromatic heterocycles. The van der Waals surface area contributed by atoms with Crippen molar-refractivity contribution in [2.75, 3.05) is 17.9 Å². The van der Waals surface area contributed by atoms with Gasteiger partial charge in [-0.25, -0.2) is 9.78 Å². The summed E-state index contributed by atoms with van der Waals surface area (Å²) in [5, 5.41) is 10.1. The Bertz CT molecular complexity index is 871. The molecule has 0 radical (unpaired) electrons. The second-order valence-electron chi connectivity index (χ2n) is 5.07. The van der Waals surface area contributed by atoms with Crippen LogP contribution < -0.4 is 10.7 Å². The van der Waals surface area contributed by atoms with Crippen LogP contribution in [0, 0.1) is 6.92 Å². The van der Waals surface area contributed by atoms with Gasteiger partial charge in [-0.3, -0.25) is 10.7 Å². The van der Waals surface area contributed by atoms with Gasteiger partial charge in [-0.2, -0.15) is 5.10 Å². The van der Waals surface area contributed by atoms with E-state index in [1.807, 2.05) is 48.7 Å².